The molecule has 0 fully saturated rings. The number of hydrogen-bond acceptors (Lipinski definition) is 3. The zero-order valence-corrected chi connectivity index (χ0v) is 20.2. The van der Waals surface area contributed by atoms with E-state index in [0.29, 0.717) is 23.3 Å². The number of unbranched alkanes of at least 4 members (excludes halogenated alkanes) is 2. The Morgan fingerprint density at radius 1 is 1.06 bits per heavy atom. The summed E-state index contributed by atoms with van der Waals surface area (Å²) in [6.07, 6.45) is 3.07. The smallest absolute Gasteiger partial charge is 0.266 e. The van der Waals surface area contributed by atoms with Crippen LogP contribution in [0, 0.1) is 19.8 Å². The van der Waals surface area contributed by atoms with E-state index >= 15 is 0 Å². The summed E-state index contributed by atoms with van der Waals surface area (Å²) >= 11 is 0. The first-order valence-electron chi connectivity index (χ1n) is 11.7. The minimum absolute atomic E-state index is 0.0866. The van der Waals surface area contributed by atoms with Gasteiger partial charge in [-0.25, -0.2) is 4.98 Å². The Hall–Kier alpha value is -2.95. The van der Waals surface area contributed by atoms with Gasteiger partial charge in [-0.1, -0.05) is 57.9 Å². The maximum Gasteiger partial charge on any atom is 0.266 e. The molecule has 0 aliphatic rings. The Morgan fingerprint density at radius 3 is 2.47 bits per heavy atom. The highest BCUT2D eigenvalue weighted by molar-refractivity contribution is 5.80. The Bertz CT molecular complexity index is 1160. The molecule has 1 heterocycles. The number of amides is 1. The fourth-order valence-corrected chi connectivity index (χ4v) is 4.12. The number of aromatic nitrogens is 2. The van der Waals surface area contributed by atoms with Crippen LogP contribution in [0.2, 0.25) is 0 Å². The number of carbonyl (C=O) groups excluding carboxylic acids is 1. The Labute approximate surface area is 191 Å². The van der Waals surface area contributed by atoms with Gasteiger partial charge in [0.1, 0.15) is 5.82 Å². The summed E-state index contributed by atoms with van der Waals surface area (Å²) in [5.41, 5.74) is 3.45. The molecule has 0 N–H and O–H groups in total. The minimum Gasteiger partial charge on any atom is -0.333 e. The number of benzene rings is 2. The topological polar surface area (TPSA) is 55.2 Å². The van der Waals surface area contributed by atoms with Gasteiger partial charge in [0.25, 0.3) is 5.56 Å². The Morgan fingerprint density at radius 2 is 1.78 bits per heavy atom. The largest absolute Gasteiger partial charge is 0.333 e. The number of hydrogen-bond donors (Lipinski definition) is 0. The number of aryl methyl sites for hydroxylation is 2. The summed E-state index contributed by atoms with van der Waals surface area (Å²) < 4.78 is 1.72. The van der Waals surface area contributed by atoms with Crippen LogP contribution in [-0.2, 0) is 4.79 Å². The van der Waals surface area contributed by atoms with E-state index in [0.717, 1.165) is 36.1 Å². The second-order valence-electron chi connectivity index (χ2n) is 8.99. The molecule has 32 heavy (non-hydrogen) atoms. The summed E-state index contributed by atoms with van der Waals surface area (Å²) in [4.78, 5) is 33.7. The first kappa shape index (κ1) is 23.7. The maximum absolute atomic E-state index is 13.7. The van der Waals surface area contributed by atoms with Crippen LogP contribution in [0.15, 0.2) is 47.3 Å². The molecule has 1 amide bonds. The molecule has 1 aromatic heterocycles. The van der Waals surface area contributed by atoms with E-state index in [9.17, 15) is 9.59 Å². The lowest BCUT2D eigenvalue weighted by Gasteiger charge is -2.32. The third-order valence-corrected chi connectivity index (χ3v) is 6.03. The normalized spacial score (nSPS) is 12.3. The van der Waals surface area contributed by atoms with Crippen molar-refractivity contribution in [3.05, 3.63) is 69.8 Å². The van der Waals surface area contributed by atoms with E-state index in [1.54, 1.807) is 4.57 Å². The SMILES string of the molecule is CCCCCN(C(=O)C(C)C)C(C)c1nc2ccccc2c(=O)n1-c1cc(C)ccc1C. The lowest BCUT2D eigenvalue weighted by Crippen LogP contribution is -2.40. The molecule has 0 saturated heterocycles. The highest BCUT2D eigenvalue weighted by atomic mass is 16.2. The van der Waals surface area contributed by atoms with Crippen LogP contribution in [0.4, 0.5) is 0 Å². The molecule has 0 saturated carbocycles. The van der Waals surface area contributed by atoms with Crippen LogP contribution in [0.3, 0.4) is 0 Å². The first-order chi connectivity index (χ1) is 15.3. The molecule has 170 valence electrons. The monoisotopic (exact) mass is 433 g/mol. The molecule has 1 unspecified atom stereocenters. The van der Waals surface area contributed by atoms with Crippen molar-refractivity contribution in [2.24, 2.45) is 5.92 Å². The maximum atomic E-state index is 13.7. The number of fused-ring (bicyclic) bond motifs is 1. The third-order valence-electron chi connectivity index (χ3n) is 6.03. The standard InChI is InChI=1S/C27H35N3O2/c1-7-8-11-16-29(26(31)18(2)3)21(6)25-28-23-13-10-9-12-22(23)27(32)30(25)24-17-19(4)14-15-20(24)5/h9-10,12-15,17-18,21H,7-8,11,16H2,1-6H3. The number of rotatable bonds is 8. The van der Waals surface area contributed by atoms with Gasteiger partial charge in [-0.2, -0.15) is 0 Å². The third kappa shape index (κ3) is 4.77. The van der Waals surface area contributed by atoms with E-state index in [-0.39, 0.29) is 23.4 Å². The average Bonchev–Trinajstić information content (AvgIpc) is 2.77. The Kier molecular flexibility index (Phi) is 7.49. The fourth-order valence-electron chi connectivity index (χ4n) is 4.12. The molecular weight excluding hydrogens is 398 g/mol. The van der Waals surface area contributed by atoms with Gasteiger partial charge < -0.3 is 4.90 Å². The van der Waals surface area contributed by atoms with Crippen LogP contribution in [0.5, 0.6) is 0 Å². The van der Waals surface area contributed by atoms with Crippen molar-refractivity contribution >= 4 is 16.8 Å². The van der Waals surface area contributed by atoms with Crippen molar-refractivity contribution in [3.8, 4) is 5.69 Å². The van der Waals surface area contributed by atoms with Gasteiger partial charge in [-0.15, -0.1) is 0 Å². The summed E-state index contributed by atoms with van der Waals surface area (Å²) in [5.74, 6) is 0.567. The van der Waals surface area contributed by atoms with E-state index in [1.807, 2.05) is 82.0 Å². The van der Waals surface area contributed by atoms with Gasteiger partial charge in [-0.3, -0.25) is 14.2 Å². The lowest BCUT2D eigenvalue weighted by molar-refractivity contribution is -0.137. The van der Waals surface area contributed by atoms with Crippen molar-refractivity contribution in [2.45, 2.75) is 66.8 Å². The van der Waals surface area contributed by atoms with Crippen LogP contribution in [-0.4, -0.2) is 26.9 Å². The molecule has 0 aliphatic heterocycles. The molecule has 3 aromatic rings. The summed E-state index contributed by atoms with van der Waals surface area (Å²) in [6.45, 7) is 12.7. The van der Waals surface area contributed by atoms with Crippen LogP contribution < -0.4 is 5.56 Å². The predicted molar refractivity (Wildman–Crippen MR) is 131 cm³/mol. The fraction of sp³-hybridized carbons (Fsp3) is 0.444. The van der Waals surface area contributed by atoms with Crippen LogP contribution >= 0.6 is 0 Å². The molecule has 3 rings (SSSR count). The lowest BCUT2D eigenvalue weighted by atomic mass is 10.1. The molecule has 5 heteroatoms. The molecule has 5 nitrogen and oxygen atoms in total. The van der Waals surface area contributed by atoms with Crippen molar-refractivity contribution in [3.63, 3.8) is 0 Å². The van der Waals surface area contributed by atoms with Crippen molar-refractivity contribution in [1.82, 2.24) is 14.5 Å². The van der Waals surface area contributed by atoms with Crippen molar-refractivity contribution in [1.29, 1.82) is 0 Å². The molecule has 0 radical (unpaired) electrons. The molecule has 0 aliphatic carbocycles. The van der Waals surface area contributed by atoms with Crippen molar-refractivity contribution in [2.75, 3.05) is 6.54 Å². The second-order valence-corrected chi connectivity index (χ2v) is 8.99. The van der Waals surface area contributed by atoms with Crippen LogP contribution in [0.1, 0.15) is 70.0 Å². The summed E-state index contributed by atoms with van der Waals surface area (Å²) in [6, 6.07) is 13.2. The van der Waals surface area contributed by atoms with Gasteiger partial charge in [0.15, 0.2) is 0 Å². The average molecular weight is 434 g/mol. The van der Waals surface area contributed by atoms with E-state index in [2.05, 4.69) is 6.92 Å². The molecule has 2 aromatic carbocycles. The van der Waals surface area contributed by atoms with Gasteiger partial charge in [-0.05, 0) is 56.5 Å². The quantitative estimate of drug-likeness (QED) is 0.426. The van der Waals surface area contributed by atoms with Crippen molar-refractivity contribution < 1.29 is 4.79 Å². The van der Waals surface area contributed by atoms with E-state index < -0.39 is 0 Å². The number of nitrogens with zero attached hydrogens (tertiary/aromatic N) is 3. The van der Waals surface area contributed by atoms with Gasteiger partial charge >= 0.3 is 0 Å². The highest BCUT2D eigenvalue weighted by Gasteiger charge is 2.28. The van der Waals surface area contributed by atoms with Gasteiger partial charge in [0.2, 0.25) is 5.91 Å². The summed E-state index contributed by atoms with van der Waals surface area (Å²) in [7, 11) is 0. The number of carbonyl (C=O) groups is 1. The zero-order chi connectivity index (χ0) is 23.4. The second kappa shape index (κ2) is 10.1. The molecule has 0 spiro atoms. The number of para-hydroxylation sites is 1. The predicted octanol–water partition coefficient (Wildman–Crippen LogP) is 5.74. The van der Waals surface area contributed by atoms with Crippen LogP contribution in [0.25, 0.3) is 16.6 Å². The van der Waals surface area contributed by atoms with E-state index in [1.165, 1.54) is 0 Å². The van der Waals surface area contributed by atoms with E-state index in [4.69, 9.17) is 4.98 Å². The molecule has 1 atom stereocenters. The highest BCUT2D eigenvalue weighted by Crippen LogP contribution is 2.26. The van der Waals surface area contributed by atoms with Gasteiger partial charge in [0, 0.05) is 12.5 Å². The summed E-state index contributed by atoms with van der Waals surface area (Å²) in [5, 5.41) is 0.581. The minimum atomic E-state index is -0.334. The first-order valence-corrected chi connectivity index (χ1v) is 11.7. The van der Waals surface area contributed by atoms with Gasteiger partial charge in [0.05, 0.1) is 22.6 Å². The molecular formula is C27H35N3O2. The zero-order valence-electron chi connectivity index (χ0n) is 20.2. The Balaban J connectivity index is 2.26. The molecule has 0 bridgehead atoms.